The minimum absolute atomic E-state index is 0.00902. The van der Waals surface area contributed by atoms with Crippen molar-refractivity contribution >= 4 is 18.0 Å². The van der Waals surface area contributed by atoms with Gasteiger partial charge in [0.2, 0.25) is 0 Å². The third-order valence-corrected chi connectivity index (χ3v) is 4.65. The third-order valence-electron chi connectivity index (χ3n) is 4.65. The molecule has 0 bridgehead atoms. The standard InChI is InChI=1S/C21H26O4/c1-2-3-4-5-16-8-13-19(14-9-16)25-21(24)18-11-6-17(7-12-18)10-15-20(22)23/h2,6-7,10-12,15-16,19H,1,3-5,8-9,13-14H2,(H,22,23)/b15-10+. The predicted octanol–water partition coefficient (Wildman–Crippen LogP) is 4.86. The first-order valence-electron chi connectivity index (χ1n) is 8.91. The fourth-order valence-electron chi connectivity index (χ4n) is 3.21. The number of ether oxygens (including phenoxy) is 1. The van der Waals surface area contributed by atoms with Crippen LogP contribution in [-0.2, 0) is 9.53 Å². The van der Waals surface area contributed by atoms with Crippen LogP contribution in [-0.4, -0.2) is 23.1 Å². The molecular weight excluding hydrogens is 316 g/mol. The van der Waals surface area contributed by atoms with Crippen LogP contribution >= 0.6 is 0 Å². The van der Waals surface area contributed by atoms with E-state index in [1.165, 1.54) is 18.9 Å². The minimum atomic E-state index is -0.997. The molecule has 0 unspecified atom stereocenters. The molecule has 0 spiro atoms. The smallest absolute Gasteiger partial charge is 0.338 e. The van der Waals surface area contributed by atoms with E-state index in [1.54, 1.807) is 24.3 Å². The summed E-state index contributed by atoms with van der Waals surface area (Å²) in [6.45, 7) is 3.75. The second-order valence-corrected chi connectivity index (χ2v) is 6.56. The number of aliphatic carboxylic acids is 1. The van der Waals surface area contributed by atoms with Gasteiger partial charge in [-0.05, 0) is 68.2 Å². The highest BCUT2D eigenvalue weighted by Crippen LogP contribution is 2.30. The highest BCUT2D eigenvalue weighted by molar-refractivity contribution is 5.90. The summed E-state index contributed by atoms with van der Waals surface area (Å²) in [5, 5.41) is 8.61. The lowest BCUT2D eigenvalue weighted by molar-refractivity contribution is -0.131. The summed E-state index contributed by atoms with van der Waals surface area (Å²) < 4.78 is 5.62. The van der Waals surface area contributed by atoms with Gasteiger partial charge < -0.3 is 9.84 Å². The fraction of sp³-hybridized carbons (Fsp3) is 0.429. The van der Waals surface area contributed by atoms with Gasteiger partial charge in [-0.1, -0.05) is 24.6 Å². The molecule has 0 atom stereocenters. The summed E-state index contributed by atoms with van der Waals surface area (Å²) in [6.07, 6.45) is 12.2. The molecule has 4 heteroatoms. The second-order valence-electron chi connectivity index (χ2n) is 6.56. The topological polar surface area (TPSA) is 63.6 Å². The number of carboxylic acids is 1. The van der Waals surface area contributed by atoms with Crippen LogP contribution < -0.4 is 0 Å². The van der Waals surface area contributed by atoms with Gasteiger partial charge in [0.05, 0.1) is 5.56 Å². The molecule has 0 radical (unpaired) electrons. The van der Waals surface area contributed by atoms with E-state index < -0.39 is 5.97 Å². The number of unbranched alkanes of at least 4 members (excludes halogenated alkanes) is 1. The van der Waals surface area contributed by atoms with Gasteiger partial charge in [-0.25, -0.2) is 9.59 Å². The number of allylic oxidation sites excluding steroid dienone is 1. The maximum atomic E-state index is 12.2. The van der Waals surface area contributed by atoms with E-state index in [0.29, 0.717) is 5.56 Å². The van der Waals surface area contributed by atoms with Gasteiger partial charge >= 0.3 is 11.9 Å². The Balaban J connectivity index is 1.78. The molecule has 1 aliphatic carbocycles. The van der Waals surface area contributed by atoms with Crippen LogP contribution in [0.2, 0.25) is 0 Å². The van der Waals surface area contributed by atoms with Crippen molar-refractivity contribution in [3.05, 3.63) is 54.1 Å². The Morgan fingerprint density at radius 2 is 1.84 bits per heavy atom. The first kappa shape index (κ1) is 19.0. The number of carbonyl (C=O) groups excluding carboxylic acids is 1. The summed E-state index contributed by atoms with van der Waals surface area (Å²) in [5.41, 5.74) is 1.24. The van der Waals surface area contributed by atoms with Crippen LogP contribution in [0.3, 0.4) is 0 Å². The zero-order chi connectivity index (χ0) is 18.1. The second kappa shape index (κ2) is 9.82. The minimum Gasteiger partial charge on any atom is -0.478 e. The quantitative estimate of drug-likeness (QED) is 0.317. The Labute approximate surface area is 149 Å². The van der Waals surface area contributed by atoms with Crippen molar-refractivity contribution < 1.29 is 19.4 Å². The molecule has 25 heavy (non-hydrogen) atoms. The average Bonchev–Trinajstić information content (AvgIpc) is 2.62. The van der Waals surface area contributed by atoms with E-state index in [0.717, 1.165) is 49.7 Å². The van der Waals surface area contributed by atoms with Crippen molar-refractivity contribution in [1.29, 1.82) is 0 Å². The van der Waals surface area contributed by atoms with Crippen LogP contribution in [0.15, 0.2) is 43.0 Å². The van der Waals surface area contributed by atoms with Crippen molar-refractivity contribution in [2.75, 3.05) is 0 Å². The zero-order valence-corrected chi connectivity index (χ0v) is 14.5. The lowest BCUT2D eigenvalue weighted by atomic mass is 9.84. The fourth-order valence-corrected chi connectivity index (χ4v) is 3.21. The molecule has 0 aliphatic heterocycles. The number of esters is 1. The molecule has 1 aliphatic rings. The van der Waals surface area contributed by atoms with Gasteiger partial charge in [-0.2, -0.15) is 0 Å². The highest BCUT2D eigenvalue weighted by Gasteiger charge is 2.24. The number of carboxylic acid groups (broad SMARTS) is 1. The van der Waals surface area contributed by atoms with Crippen molar-refractivity contribution in [3.63, 3.8) is 0 Å². The van der Waals surface area contributed by atoms with E-state index in [4.69, 9.17) is 9.84 Å². The molecule has 1 saturated carbocycles. The van der Waals surface area contributed by atoms with Gasteiger partial charge in [0.25, 0.3) is 0 Å². The molecule has 0 amide bonds. The lowest BCUT2D eigenvalue weighted by Crippen LogP contribution is -2.24. The number of carbonyl (C=O) groups is 2. The first-order valence-corrected chi connectivity index (χ1v) is 8.91. The Kier molecular flexibility index (Phi) is 7.45. The van der Waals surface area contributed by atoms with E-state index in [2.05, 4.69) is 6.58 Å². The van der Waals surface area contributed by atoms with Crippen LogP contribution in [0.5, 0.6) is 0 Å². The maximum absolute atomic E-state index is 12.2. The zero-order valence-electron chi connectivity index (χ0n) is 14.5. The molecule has 0 aromatic heterocycles. The van der Waals surface area contributed by atoms with Crippen molar-refractivity contribution in [1.82, 2.24) is 0 Å². The normalized spacial score (nSPS) is 20.3. The van der Waals surface area contributed by atoms with Crippen LogP contribution in [0.4, 0.5) is 0 Å². The Morgan fingerprint density at radius 1 is 1.16 bits per heavy atom. The van der Waals surface area contributed by atoms with E-state index in [-0.39, 0.29) is 12.1 Å². The van der Waals surface area contributed by atoms with E-state index >= 15 is 0 Å². The van der Waals surface area contributed by atoms with Crippen LogP contribution in [0.25, 0.3) is 6.08 Å². The SMILES string of the molecule is C=CCCCC1CCC(OC(=O)c2ccc(/C=C/C(=O)O)cc2)CC1. The summed E-state index contributed by atoms with van der Waals surface area (Å²) in [5.74, 6) is -0.553. The molecular formula is C21H26O4. The number of rotatable bonds is 8. The first-order chi connectivity index (χ1) is 12.1. The van der Waals surface area contributed by atoms with Gasteiger partial charge in [-0.3, -0.25) is 0 Å². The molecule has 2 rings (SSSR count). The lowest BCUT2D eigenvalue weighted by Gasteiger charge is -2.28. The van der Waals surface area contributed by atoms with E-state index in [1.807, 2.05) is 6.08 Å². The molecule has 4 nitrogen and oxygen atoms in total. The van der Waals surface area contributed by atoms with Crippen molar-refractivity contribution in [2.24, 2.45) is 5.92 Å². The number of hydrogen-bond acceptors (Lipinski definition) is 3. The Bertz CT molecular complexity index is 607. The molecule has 1 N–H and O–H groups in total. The Hall–Kier alpha value is -2.36. The molecule has 1 aromatic carbocycles. The largest absolute Gasteiger partial charge is 0.478 e. The van der Waals surface area contributed by atoms with Gasteiger partial charge in [0, 0.05) is 6.08 Å². The summed E-state index contributed by atoms with van der Waals surface area (Å²) in [4.78, 5) is 22.7. The summed E-state index contributed by atoms with van der Waals surface area (Å²) in [7, 11) is 0. The number of hydrogen-bond donors (Lipinski definition) is 1. The molecule has 0 saturated heterocycles. The predicted molar refractivity (Wildman–Crippen MR) is 98.3 cm³/mol. The molecule has 1 fully saturated rings. The van der Waals surface area contributed by atoms with Crippen LogP contribution in [0.1, 0.15) is 60.9 Å². The van der Waals surface area contributed by atoms with Gasteiger partial charge in [0.1, 0.15) is 6.10 Å². The monoisotopic (exact) mass is 342 g/mol. The maximum Gasteiger partial charge on any atom is 0.338 e. The van der Waals surface area contributed by atoms with Gasteiger partial charge in [-0.15, -0.1) is 6.58 Å². The molecule has 0 heterocycles. The summed E-state index contributed by atoms with van der Waals surface area (Å²) >= 11 is 0. The van der Waals surface area contributed by atoms with E-state index in [9.17, 15) is 9.59 Å². The van der Waals surface area contributed by atoms with Crippen molar-refractivity contribution in [3.8, 4) is 0 Å². The molecule has 1 aromatic rings. The number of benzene rings is 1. The van der Waals surface area contributed by atoms with Crippen LogP contribution in [0, 0.1) is 5.92 Å². The molecule has 134 valence electrons. The average molecular weight is 342 g/mol. The summed E-state index contributed by atoms with van der Waals surface area (Å²) in [6, 6.07) is 6.77. The third kappa shape index (κ3) is 6.57. The van der Waals surface area contributed by atoms with Gasteiger partial charge in [0.15, 0.2) is 0 Å². The Morgan fingerprint density at radius 3 is 2.44 bits per heavy atom. The van der Waals surface area contributed by atoms with Crippen molar-refractivity contribution in [2.45, 2.75) is 51.0 Å². The highest BCUT2D eigenvalue weighted by atomic mass is 16.5.